The summed E-state index contributed by atoms with van der Waals surface area (Å²) >= 11 is 0. The molecule has 3 rings (SSSR count). The number of carbonyl (C=O) groups is 1. The number of benzene rings is 2. The summed E-state index contributed by atoms with van der Waals surface area (Å²) < 4.78 is 1.49. The highest BCUT2D eigenvalue weighted by molar-refractivity contribution is 5.77. The van der Waals surface area contributed by atoms with Gasteiger partial charge in [0, 0.05) is 0 Å². The lowest BCUT2D eigenvalue weighted by Gasteiger charge is -2.25. The Hall–Kier alpha value is -3.15. The number of hydrogen-bond acceptors (Lipinski definition) is 4. The molecule has 23 heavy (non-hydrogen) atoms. The molecule has 1 N–H and O–H groups in total. The number of rotatable bonds is 6. The maximum absolute atomic E-state index is 12.2. The molecule has 0 saturated carbocycles. The van der Waals surface area contributed by atoms with Crippen LogP contribution in [0.5, 0.6) is 0 Å². The van der Waals surface area contributed by atoms with Gasteiger partial charge >= 0.3 is 0 Å². The molecular formula is C17H17N5O. The summed E-state index contributed by atoms with van der Waals surface area (Å²) in [6, 6.07) is 19.7. The van der Waals surface area contributed by atoms with Crippen LogP contribution in [-0.2, 0) is 17.9 Å². The number of carbonyl (C=O) groups excluding carboxylic acids is 1. The predicted molar refractivity (Wildman–Crippen MR) is 87.2 cm³/mol. The van der Waals surface area contributed by atoms with Crippen LogP contribution in [0, 0.1) is 0 Å². The molecule has 0 unspecified atom stereocenters. The first kappa shape index (κ1) is 14.8. The SMILES string of the molecule is O=C(Cn1cncn1)NN(Cc1ccccc1)c1ccccc1. The van der Waals surface area contributed by atoms with Gasteiger partial charge in [-0.05, 0) is 17.7 Å². The summed E-state index contributed by atoms with van der Waals surface area (Å²) in [5.74, 6) is -0.157. The van der Waals surface area contributed by atoms with Crippen molar-refractivity contribution in [3.63, 3.8) is 0 Å². The summed E-state index contributed by atoms with van der Waals surface area (Å²) in [5.41, 5.74) is 4.95. The highest BCUT2D eigenvalue weighted by Gasteiger charge is 2.11. The molecule has 1 heterocycles. The van der Waals surface area contributed by atoms with E-state index in [1.54, 1.807) is 0 Å². The van der Waals surface area contributed by atoms with Crippen molar-refractivity contribution in [3.05, 3.63) is 78.9 Å². The van der Waals surface area contributed by atoms with E-state index in [0.717, 1.165) is 11.3 Å². The first-order chi connectivity index (χ1) is 11.3. The van der Waals surface area contributed by atoms with E-state index in [1.807, 2.05) is 65.7 Å². The van der Waals surface area contributed by atoms with Crippen LogP contribution in [0.15, 0.2) is 73.3 Å². The predicted octanol–water partition coefficient (Wildman–Crippen LogP) is 2.02. The number of hydrogen-bond donors (Lipinski definition) is 1. The van der Waals surface area contributed by atoms with Gasteiger partial charge in [0.1, 0.15) is 19.2 Å². The lowest BCUT2D eigenvalue weighted by Crippen LogP contribution is -2.43. The van der Waals surface area contributed by atoms with Crippen LogP contribution in [0.25, 0.3) is 0 Å². The van der Waals surface area contributed by atoms with E-state index in [9.17, 15) is 4.79 Å². The Morgan fingerprint density at radius 2 is 1.74 bits per heavy atom. The van der Waals surface area contributed by atoms with Gasteiger partial charge in [-0.3, -0.25) is 15.2 Å². The topological polar surface area (TPSA) is 63.1 Å². The average Bonchev–Trinajstić information content (AvgIpc) is 3.09. The second-order valence-electron chi connectivity index (χ2n) is 5.04. The molecule has 1 amide bonds. The first-order valence-electron chi connectivity index (χ1n) is 7.30. The van der Waals surface area contributed by atoms with Gasteiger partial charge in [0.15, 0.2) is 0 Å². The van der Waals surface area contributed by atoms with Crippen molar-refractivity contribution in [2.75, 3.05) is 5.01 Å². The van der Waals surface area contributed by atoms with Crippen molar-refractivity contribution in [1.29, 1.82) is 0 Å². The fraction of sp³-hybridized carbons (Fsp3) is 0.118. The number of nitrogens with one attached hydrogen (secondary N) is 1. The number of para-hydroxylation sites is 1. The van der Waals surface area contributed by atoms with E-state index in [4.69, 9.17) is 0 Å². The molecule has 3 aromatic rings. The number of amides is 1. The fourth-order valence-electron chi connectivity index (χ4n) is 2.22. The quantitative estimate of drug-likeness (QED) is 0.708. The van der Waals surface area contributed by atoms with Gasteiger partial charge in [0.2, 0.25) is 0 Å². The molecule has 0 saturated heterocycles. The molecular weight excluding hydrogens is 290 g/mol. The number of anilines is 1. The van der Waals surface area contributed by atoms with Gasteiger partial charge in [-0.2, -0.15) is 5.10 Å². The Labute approximate surface area is 134 Å². The van der Waals surface area contributed by atoms with E-state index >= 15 is 0 Å². The molecule has 0 aliphatic carbocycles. The van der Waals surface area contributed by atoms with Gasteiger partial charge in [-0.1, -0.05) is 48.5 Å². The van der Waals surface area contributed by atoms with Crippen LogP contribution in [-0.4, -0.2) is 20.7 Å². The molecule has 1 aromatic heterocycles. The zero-order valence-corrected chi connectivity index (χ0v) is 12.5. The molecule has 0 radical (unpaired) electrons. The van der Waals surface area contributed by atoms with Gasteiger partial charge in [0.25, 0.3) is 5.91 Å². The van der Waals surface area contributed by atoms with E-state index in [-0.39, 0.29) is 12.5 Å². The van der Waals surface area contributed by atoms with Crippen molar-refractivity contribution < 1.29 is 4.79 Å². The third-order valence-electron chi connectivity index (χ3n) is 3.28. The molecule has 0 spiro atoms. The van der Waals surface area contributed by atoms with Crippen molar-refractivity contribution in [2.45, 2.75) is 13.1 Å². The standard InChI is InChI=1S/C17H17N5O/c23-17(12-21-14-18-13-19-21)20-22(16-9-5-2-6-10-16)11-15-7-3-1-4-8-15/h1-10,13-14H,11-12H2,(H,20,23). The van der Waals surface area contributed by atoms with Crippen LogP contribution in [0.3, 0.4) is 0 Å². The molecule has 6 nitrogen and oxygen atoms in total. The third kappa shape index (κ3) is 4.16. The van der Waals surface area contributed by atoms with Crippen molar-refractivity contribution >= 4 is 11.6 Å². The summed E-state index contributed by atoms with van der Waals surface area (Å²) in [5, 5.41) is 5.77. The Bertz CT molecular complexity index is 728. The molecule has 2 aromatic carbocycles. The summed E-state index contributed by atoms with van der Waals surface area (Å²) in [7, 11) is 0. The molecule has 0 aliphatic rings. The highest BCUT2D eigenvalue weighted by Crippen LogP contribution is 2.14. The van der Waals surface area contributed by atoms with Gasteiger partial charge in [-0.25, -0.2) is 9.67 Å². The normalized spacial score (nSPS) is 10.3. The van der Waals surface area contributed by atoms with E-state index < -0.39 is 0 Å². The molecule has 6 heteroatoms. The highest BCUT2D eigenvalue weighted by atomic mass is 16.2. The van der Waals surface area contributed by atoms with Crippen LogP contribution in [0.4, 0.5) is 5.69 Å². The van der Waals surface area contributed by atoms with Gasteiger partial charge in [0.05, 0.1) is 12.2 Å². The maximum Gasteiger partial charge on any atom is 0.260 e. The van der Waals surface area contributed by atoms with Crippen molar-refractivity contribution in [2.24, 2.45) is 0 Å². The minimum absolute atomic E-state index is 0.123. The Balaban J connectivity index is 1.73. The van der Waals surface area contributed by atoms with Crippen LogP contribution >= 0.6 is 0 Å². The van der Waals surface area contributed by atoms with Gasteiger partial charge < -0.3 is 0 Å². The number of aromatic nitrogens is 3. The monoisotopic (exact) mass is 307 g/mol. The second-order valence-corrected chi connectivity index (χ2v) is 5.04. The number of nitrogens with zero attached hydrogens (tertiary/aromatic N) is 4. The Kier molecular flexibility index (Phi) is 4.63. The molecule has 0 bridgehead atoms. The summed E-state index contributed by atoms with van der Waals surface area (Å²) in [4.78, 5) is 16.1. The van der Waals surface area contributed by atoms with Crippen LogP contribution in [0.2, 0.25) is 0 Å². The van der Waals surface area contributed by atoms with E-state index in [0.29, 0.717) is 6.54 Å². The molecule has 0 atom stereocenters. The number of hydrazine groups is 1. The first-order valence-corrected chi connectivity index (χ1v) is 7.30. The average molecular weight is 307 g/mol. The zero-order valence-electron chi connectivity index (χ0n) is 12.5. The minimum atomic E-state index is -0.157. The molecule has 0 aliphatic heterocycles. The fourth-order valence-corrected chi connectivity index (χ4v) is 2.22. The van der Waals surface area contributed by atoms with Crippen LogP contribution in [0.1, 0.15) is 5.56 Å². The zero-order chi connectivity index (χ0) is 15.9. The smallest absolute Gasteiger partial charge is 0.260 e. The van der Waals surface area contributed by atoms with Gasteiger partial charge in [-0.15, -0.1) is 0 Å². The lowest BCUT2D eigenvalue weighted by atomic mass is 10.2. The van der Waals surface area contributed by atoms with E-state index in [1.165, 1.54) is 17.3 Å². The van der Waals surface area contributed by atoms with Crippen molar-refractivity contribution in [1.82, 2.24) is 20.2 Å². The lowest BCUT2D eigenvalue weighted by molar-refractivity contribution is -0.122. The van der Waals surface area contributed by atoms with Crippen LogP contribution < -0.4 is 10.4 Å². The van der Waals surface area contributed by atoms with E-state index in [2.05, 4.69) is 15.5 Å². The Morgan fingerprint density at radius 3 is 2.39 bits per heavy atom. The summed E-state index contributed by atoms with van der Waals surface area (Å²) in [6.45, 7) is 0.700. The Morgan fingerprint density at radius 1 is 1.04 bits per heavy atom. The molecule has 0 fully saturated rings. The largest absolute Gasteiger partial charge is 0.281 e. The second kappa shape index (κ2) is 7.22. The maximum atomic E-state index is 12.2. The minimum Gasteiger partial charge on any atom is -0.281 e. The molecule has 116 valence electrons. The summed E-state index contributed by atoms with van der Waals surface area (Å²) in [6.07, 6.45) is 2.93. The third-order valence-corrected chi connectivity index (χ3v) is 3.28. The van der Waals surface area contributed by atoms with Crippen molar-refractivity contribution in [3.8, 4) is 0 Å².